The van der Waals surface area contributed by atoms with Gasteiger partial charge in [-0.2, -0.15) is 0 Å². The van der Waals surface area contributed by atoms with Gasteiger partial charge in [0.2, 0.25) is 0 Å². The van der Waals surface area contributed by atoms with Crippen LogP contribution in [0.3, 0.4) is 0 Å². The maximum absolute atomic E-state index is 9.77. The summed E-state index contributed by atoms with van der Waals surface area (Å²) in [6, 6.07) is 6.61. The van der Waals surface area contributed by atoms with Crippen LogP contribution < -0.4 is 8.45 Å². The first-order valence-electron chi connectivity index (χ1n) is 11.3. The molecular formula is C23H38N2O2Sn. The summed E-state index contributed by atoms with van der Waals surface area (Å²) >= 11 is -2.61. The van der Waals surface area contributed by atoms with Crippen molar-refractivity contribution in [1.29, 1.82) is 5.26 Å². The average molecular weight is 493 g/mol. The van der Waals surface area contributed by atoms with Crippen LogP contribution in [0.4, 0.5) is 0 Å². The van der Waals surface area contributed by atoms with E-state index in [0.717, 1.165) is 26.1 Å². The first kappa shape index (κ1) is 23.5. The molecular weight excluding hydrogens is 455 g/mol. The van der Waals surface area contributed by atoms with Crippen molar-refractivity contribution in [3.05, 3.63) is 17.8 Å². The average Bonchev–Trinajstić information content (AvgIpc) is 2.74. The van der Waals surface area contributed by atoms with Gasteiger partial charge < -0.3 is 0 Å². The van der Waals surface area contributed by atoms with Crippen LogP contribution >= 0.6 is 0 Å². The number of nitriles is 1. The molecule has 2 rings (SSSR count). The second-order valence-electron chi connectivity index (χ2n) is 8.18. The minimum absolute atomic E-state index is 0.141. The Kier molecular flexibility index (Phi) is 10.6. The van der Waals surface area contributed by atoms with E-state index < -0.39 is 18.4 Å². The molecule has 0 amide bonds. The van der Waals surface area contributed by atoms with Crippen LogP contribution in [-0.4, -0.2) is 42.7 Å². The van der Waals surface area contributed by atoms with Crippen molar-refractivity contribution >= 4 is 22.1 Å². The van der Waals surface area contributed by atoms with Gasteiger partial charge >= 0.3 is 176 Å². The molecule has 1 aromatic rings. The zero-order valence-corrected chi connectivity index (χ0v) is 21.0. The molecule has 1 saturated heterocycles. The predicted molar refractivity (Wildman–Crippen MR) is 118 cm³/mol. The van der Waals surface area contributed by atoms with Crippen LogP contribution in [0.1, 0.15) is 77.8 Å². The fraction of sp³-hybridized carbons (Fsp3) is 0.739. The van der Waals surface area contributed by atoms with E-state index in [0.29, 0.717) is 11.4 Å². The maximum atomic E-state index is 9.77. The van der Waals surface area contributed by atoms with Crippen LogP contribution in [0.2, 0.25) is 13.3 Å². The zero-order valence-electron chi connectivity index (χ0n) is 18.1. The Balaban J connectivity index is 2.30. The van der Waals surface area contributed by atoms with Gasteiger partial charge in [-0.15, -0.1) is 0 Å². The van der Waals surface area contributed by atoms with Crippen molar-refractivity contribution in [3.8, 4) is 11.8 Å². The summed E-state index contributed by atoms with van der Waals surface area (Å²) in [5.41, 5.74) is 0.495. The number of rotatable bonds is 12. The molecule has 0 radical (unpaired) electrons. The number of ether oxygens (including phenoxy) is 2. The van der Waals surface area contributed by atoms with Crippen molar-refractivity contribution < 1.29 is 9.47 Å². The van der Waals surface area contributed by atoms with Crippen LogP contribution in [0.5, 0.6) is 5.75 Å². The third-order valence-corrected chi connectivity index (χ3v) is 21.1. The van der Waals surface area contributed by atoms with Crippen LogP contribution in [-0.2, 0) is 4.74 Å². The van der Waals surface area contributed by atoms with Crippen molar-refractivity contribution in [3.63, 3.8) is 0 Å². The topological polar surface area (TPSA) is 55.1 Å². The van der Waals surface area contributed by atoms with Gasteiger partial charge in [0.25, 0.3) is 0 Å². The first-order chi connectivity index (χ1) is 13.7. The van der Waals surface area contributed by atoms with Gasteiger partial charge in [-0.1, -0.05) is 0 Å². The van der Waals surface area contributed by atoms with Crippen molar-refractivity contribution in [2.45, 2.75) is 91.6 Å². The van der Waals surface area contributed by atoms with Gasteiger partial charge in [-0.25, -0.2) is 0 Å². The number of aromatic nitrogens is 1. The molecule has 28 heavy (non-hydrogen) atoms. The summed E-state index contributed by atoms with van der Waals surface area (Å²) in [6.45, 7) is 8.34. The summed E-state index contributed by atoms with van der Waals surface area (Å²) in [4.78, 5) is 4.96. The second kappa shape index (κ2) is 12.7. The number of hydrogen-bond acceptors (Lipinski definition) is 4. The molecule has 0 N–H and O–H groups in total. The molecule has 0 saturated carbocycles. The van der Waals surface area contributed by atoms with Crippen molar-refractivity contribution in [2.75, 3.05) is 13.2 Å². The van der Waals surface area contributed by atoms with E-state index in [9.17, 15) is 5.26 Å². The van der Waals surface area contributed by atoms with E-state index in [-0.39, 0.29) is 6.10 Å². The summed E-state index contributed by atoms with van der Waals surface area (Å²) in [5.74, 6) is 0.666. The van der Waals surface area contributed by atoms with Gasteiger partial charge in [-0.3, -0.25) is 0 Å². The van der Waals surface area contributed by atoms with E-state index in [1.165, 1.54) is 55.5 Å². The molecule has 0 aliphatic carbocycles. The Bertz CT molecular complexity index is 602. The van der Waals surface area contributed by atoms with E-state index in [4.69, 9.17) is 14.5 Å². The number of pyridine rings is 1. The fourth-order valence-corrected chi connectivity index (χ4v) is 19.6. The molecule has 1 fully saturated rings. The molecule has 1 aliphatic rings. The van der Waals surface area contributed by atoms with Gasteiger partial charge in [0.05, 0.1) is 0 Å². The molecule has 0 spiro atoms. The molecule has 5 heteroatoms. The quantitative estimate of drug-likeness (QED) is 0.358. The van der Waals surface area contributed by atoms with Gasteiger partial charge in [0.1, 0.15) is 0 Å². The monoisotopic (exact) mass is 494 g/mol. The molecule has 4 nitrogen and oxygen atoms in total. The fourth-order valence-electron chi connectivity index (χ4n) is 4.20. The number of hydrogen-bond donors (Lipinski definition) is 0. The molecule has 2 heterocycles. The standard InChI is InChI=1S/C11H11N2O2.3C4H9.Sn/c12-8-10-11(2-1-5-13-10)15-9-3-6-14-7-4-9;3*1-3-4-2;/h1-2,9H,3-4,6-7H2;3*1,3-4H2,2H3;. The summed E-state index contributed by atoms with van der Waals surface area (Å²) in [5, 5.41) is 9.77. The molecule has 0 aromatic carbocycles. The summed E-state index contributed by atoms with van der Waals surface area (Å²) in [7, 11) is 0. The molecule has 156 valence electrons. The first-order valence-corrected chi connectivity index (χ1v) is 18.8. The normalized spacial score (nSPS) is 15.4. The van der Waals surface area contributed by atoms with E-state index >= 15 is 0 Å². The molecule has 0 bridgehead atoms. The second-order valence-corrected chi connectivity index (χ2v) is 21.2. The summed E-state index contributed by atoms with van der Waals surface area (Å²) < 4.78 is 17.0. The van der Waals surface area contributed by atoms with Gasteiger partial charge in [-0.05, 0) is 0 Å². The van der Waals surface area contributed by atoms with Crippen LogP contribution in [0.15, 0.2) is 12.1 Å². The van der Waals surface area contributed by atoms with Crippen molar-refractivity contribution in [1.82, 2.24) is 4.98 Å². The zero-order chi connectivity index (χ0) is 20.2. The Hall–Kier alpha value is -0.801. The molecule has 1 aliphatic heterocycles. The summed E-state index contributed by atoms with van der Waals surface area (Å²) in [6.07, 6.45) is 9.54. The third-order valence-electron chi connectivity index (χ3n) is 6.00. The third kappa shape index (κ3) is 6.62. The predicted octanol–water partition coefficient (Wildman–Crippen LogP) is 5.57. The van der Waals surface area contributed by atoms with E-state index in [1.807, 2.05) is 6.07 Å². The van der Waals surface area contributed by atoms with E-state index in [2.05, 4.69) is 32.9 Å². The van der Waals surface area contributed by atoms with Crippen molar-refractivity contribution in [2.24, 2.45) is 0 Å². The van der Waals surface area contributed by atoms with Crippen LogP contribution in [0.25, 0.3) is 0 Å². The molecule has 0 unspecified atom stereocenters. The minimum atomic E-state index is -2.61. The Morgan fingerprint density at radius 2 is 1.61 bits per heavy atom. The van der Waals surface area contributed by atoms with E-state index in [1.54, 1.807) is 0 Å². The Morgan fingerprint density at radius 1 is 1.04 bits per heavy atom. The Labute approximate surface area is 175 Å². The SMILES string of the molecule is CCC[CH2][Sn]([CH2]CCC)([CH2]CCC)[c]1ccc(OC2CCOCC2)c(C#N)n1. The van der Waals surface area contributed by atoms with Crippen LogP contribution in [0, 0.1) is 11.3 Å². The molecule has 0 atom stereocenters. The van der Waals surface area contributed by atoms with Gasteiger partial charge in [0, 0.05) is 0 Å². The Morgan fingerprint density at radius 3 is 2.11 bits per heavy atom. The van der Waals surface area contributed by atoms with Gasteiger partial charge in [0.15, 0.2) is 0 Å². The number of nitrogens with zero attached hydrogens (tertiary/aromatic N) is 2. The molecule has 1 aromatic heterocycles. The number of unbranched alkanes of at least 4 members (excludes halogenated alkanes) is 3.